The molecule has 2 rings (SSSR count). The van der Waals surface area contributed by atoms with Gasteiger partial charge in [0, 0.05) is 11.7 Å². The summed E-state index contributed by atoms with van der Waals surface area (Å²) < 4.78 is 2.40. The molecule has 0 unspecified atom stereocenters. The van der Waals surface area contributed by atoms with Gasteiger partial charge in [-0.15, -0.1) is 5.10 Å². The molecule has 0 aliphatic rings. The number of carbonyl (C=O) groups excluding carboxylic acids is 1. The van der Waals surface area contributed by atoms with Gasteiger partial charge in [-0.1, -0.05) is 29.0 Å². The van der Waals surface area contributed by atoms with Crippen molar-refractivity contribution in [2.75, 3.05) is 18.9 Å². The number of amides is 1. The van der Waals surface area contributed by atoms with Gasteiger partial charge in [0.1, 0.15) is 0 Å². The SMILES string of the molecule is Cc1ccc(Nc2nn(CN(C)CC(=O)NC(C)C)c(=S)s2)c(C)c1. The van der Waals surface area contributed by atoms with Crippen LogP contribution in [-0.4, -0.2) is 40.2 Å². The van der Waals surface area contributed by atoms with E-state index in [-0.39, 0.29) is 11.9 Å². The lowest BCUT2D eigenvalue weighted by molar-refractivity contribution is -0.122. The zero-order valence-electron chi connectivity index (χ0n) is 15.3. The van der Waals surface area contributed by atoms with E-state index in [1.807, 2.05) is 31.9 Å². The van der Waals surface area contributed by atoms with E-state index >= 15 is 0 Å². The lowest BCUT2D eigenvalue weighted by Crippen LogP contribution is -2.39. The van der Waals surface area contributed by atoms with E-state index in [0.29, 0.717) is 17.2 Å². The molecule has 0 atom stereocenters. The fourth-order valence-corrected chi connectivity index (χ4v) is 3.41. The smallest absolute Gasteiger partial charge is 0.234 e. The Morgan fingerprint density at radius 1 is 1.40 bits per heavy atom. The maximum atomic E-state index is 11.8. The molecule has 8 heteroatoms. The van der Waals surface area contributed by atoms with E-state index in [9.17, 15) is 4.79 Å². The highest BCUT2D eigenvalue weighted by Crippen LogP contribution is 2.23. The highest BCUT2D eigenvalue weighted by atomic mass is 32.1. The number of anilines is 2. The summed E-state index contributed by atoms with van der Waals surface area (Å²) in [5.41, 5.74) is 3.41. The van der Waals surface area contributed by atoms with Gasteiger partial charge in [0.25, 0.3) is 0 Å². The van der Waals surface area contributed by atoms with Gasteiger partial charge in [0.2, 0.25) is 11.0 Å². The molecule has 1 aromatic heterocycles. The third-order valence-electron chi connectivity index (χ3n) is 3.47. The second kappa shape index (κ2) is 8.55. The third kappa shape index (κ3) is 5.91. The lowest BCUT2D eigenvalue weighted by atomic mass is 10.1. The van der Waals surface area contributed by atoms with Crippen molar-refractivity contribution < 1.29 is 4.79 Å². The number of likely N-dealkylation sites (N-methyl/N-ethyl adjacent to an activating group) is 1. The van der Waals surface area contributed by atoms with Gasteiger partial charge in [-0.3, -0.25) is 9.69 Å². The molecule has 1 aromatic carbocycles. The van der Waals surface area contributed by atoms with Crippen LogP contribution >= 0.6 is 23.6 Å². The van der Waals surface area contributed by atoms with Crippen molar-refractivity contribution in [3.8, 4) is 0 Å². The van der Waals surface area contributed by atoms with Crippen molar-refractivity contribution in [1.29, 1.82) is 0 Å². The summed E-state index contributed by atoms with van der Waals surface area (Å²) in [6.07, 6.45) is 0. The number of benzene rings is 1. The Morgan fingerprint density at radius 2 is 2.12 bits per heavy atom. The minimum absolute atomic E-state index is 0.00660. The molecule has 2 N–H and O–H groups in total. The van der Waals surface area contributed by atoms with Crippen LogP contribution in [0, 0.1) is 17.8 Å². The van der Waals surface area contributed by atoms with Crippen LogP contribution in [0.15, 0.2) is 18.2 Å². The first-order valence-corrected chi connectivity index (χ1v) is 9.37. The van der Waals surface area contributed by atoms with Crippen molar-refractivity contribution in [1.82, 2.24) is 20.0 Å². The van der Waals surface area contributed by atoms with E-state index < -0.39 is 0 Å². The minimum Gasteiger partial charge on any atom is -0.353 e. The lowest BCUT2D eigenvalue weighted by Gasteiger charge is -2.17. The summed E-state index contributed by atoms with van der Waals surface area (Å²) in [7, 11) is 1.87. The summed E-state index contributed by atoms with van der Waals surface area (Å²) in [6, 6.07) is 6.37. The molecular weight excluding hydrogens is 354 g/mol. The molecule has 0 aliphatic carbocycles. The second-order valence-corrected chi connectivity index (χ2v) is 8.12. The zero-order chi connectivity index (χ0) is 18.6. The van der Waals surface area contributed by atoms with Gasteiger partial charge in [0.05, 0.1) is 13.2 Å². The topological polar surface area (TPSA) is 62.2 Å². The zero-order valence-corrected chi connectivity index (χ0v) is 16.9. The predicted octanol–water partition coefficient (Wildman–Crippen LogP) is 3.45. The molecule has 2 aromatic rings. The molecule has 0 bridgehead atoms. The van der Waals surface area contributed by atoms with Crippen molar-refractivity contribution in [2.45, 2.75) is 40.4 Å². The number of nitrogens with one attached hydrogen (secondary N) is 2. The Balaban J connectivity index is 2.02. The summed E-state index contributed by atoms with van der Waals surface area (Å²) in [5, 5.41) is 11.5. The number of hydrogen-bond acceptors (Lipinski definition) is 6. The predicted molar refractivity (Wildman–Crippen MR) is 106 cm³/mol. The Hall–Kier alpha value is -1.77. The first-order valence-electron chi connectivity index (χ1n) is 8.14. The molecule has 6 nitrogen and oxygen atoms in total. The molecule has 0 aliphatic heterocycles. The first kappa shape index (κ1) is 19.6. The van der Waals surface area contributed by atoms with Gasteiger partial charge in [0.15, 0.2) is 3.95 Å². The summed E-state index contributed by atoms with van der Waals surface area (Å²) in [5.74, 6) is -0.00660. The van der Waals surface area contributed by atoms with Crippen LogP contribution in [0.25, 0.3) is 0 Å². The van der Waals surface area contributed by atoms with Crippen LogP contribution in [-0.2, 0) is 11.5 Å². The van der Waals surface area contributed by atoms with Gasteiger partial charge >= 0.3 is 0 Å². The van der Waals surface area contributed by atoms with E-state index in [2.05, 4.69) is 41.7 Å². The number of aryl methyl sites for hydroxylation is 2. The van der Waals surface area contributed by atoms with Gasteiger partial charge in [-0.05, 0) is 58.6 Å². The van der Waals surface area contributed by atoms with E-state index in [4.69, 9.17) is 12.2 Å². The Labute approximate surface area is 157 Å². The fraction of sp³-hybridized carbons (Fsp3) is 0.471. The van der Waals surface area contributed by atoms with E-state index in [1.54, 1.807) is 4.68 Å². The summed E-state index contributed by atoms with van der Waals surface area (Å²) in [4.78, 5) is 13.7. The number of hydrogen-bond donors (Lipinski definition) is 2. The summed E-state index contributed by atoms with van der Waals surface area (Å²) in [6.45, 7) is 8.79. The Bertz CT molecular complexity index is 797. The van der Waals surface area contributed by atoms with Gasteiger partial charge in [-0.25, -0.2) is 4.68 Å². The molecule has 0 saturated heterocycles. The third-order valence-corrected chi connectivity index (χ3v) is 4.69. The second-order valence-electron chi connectivity index (χ2n) is 6.49. The molecule has 0 spiro atoms. The number of nitrogens with zero attached hydrogens (tertiary/aromatic N) is 3. The highest BCUT2D eigenvalue weighted by molar-refractivity contribution is 7.73. The van der Waals surface area contributed by atoms with Crippen LogP contribution in [0.1, 0.15) is 25.0 Å². The minimum atomic E-state index is -0.00660. The highest BCUT2D eigenvalue weighted by Gasteiger charge is 2.11. The van der Waals surface area contributed by atoms with Crippen molar-refractivity contribution in [3.05, 3.63) is 33.3 Å². The number of aromatic nitrogens is 2. The fourth-order valence-electron chi connectivity index (χ4n) is 2.41. The van der Waals surface area contributed by atoms with E-state index in [0.717, 1.165) is 16.4 Å². The number of carbonyl (C=O) groups is 1. The molecule has 25 heavy (non-hydrogen) atoms. The molecule has 0 fully saturated rings. The van der Waals surface area contributed by atoms with E-state index in [1.165, 1.54) is 16.9 Å². The van der Waals surface area contributed by atoms with Crippen LogP contribution in [0.2, 0.25) is 0 Å². The molecule has 136 valence electrons. The average Bonchev–Trinajstić information content (AvgIpc) is 2.80. The number of rotatable bonds is 7. The van der Waals surface area contributed by atoms with Crippen LogP contribution < -0.4 is 10.6 Å². The first-order chi connectivity index (χ1) is 11.7. The maximum Gasteiger partial charge on any atom is 0.234 e. The van der Waals surface area contributed by atoms with Crippen LogP contribution in [0.3, 0.4) is 0 Å². The van der Waals surface area contributed by atoms with Crippen LogP contribution in [0.4, 0.5) is 10.8 Å². The molecule has 1 amide bonds. The summed E-state index contributed by atoms with van der Waals surface area (Å²) >= 11 is 6.82. The van der Waals surface area contributed by atoms with Gasteiger partial charge in [-0.2, -0.15) is 0 Å². The normalized spacial score (nSPS) is 11.2. The van der Waals surface area contributed by atoms with Crippen molar-refractivity contribution in [3.63, 3.8) is 0 Å². The quantitative estimate of drug-likeness (QED) is 0.722. The van der Waals surface area contributed by atoms with Crippen LogP contribution in [0.5, 0.6) is 0 Å². The maximum absolute atomic E-state index is 11.8. The molecule has 0 saturated carbocycles. The monoisotopic (exact) mass is 379 g/mol. The standard InChI is InChI=1S/C17H25N5OS2/c1-11(2)18-15(23)9-21(5)10-22-17(24)25-16(20-22)19-14-7-6-12(3)8-13(14)4/h6-8,11H,9-10H2,1-5H3,(H,18,23)(H,19,20). The average molecular weight is 380 g/mol. The van der Waals surface area contributed by atoms with Gasteiger partial charge < -0.3 is 10.6 Å². The molecule has 0 radical (unpaired) electrons. The Kier molecular flexibility index (Phi) is 6.69. The molecule has 1 heterocycles. The Morgan fingerprint density at radius 3 is 2.76 bits per heavy atom. The largest absolute Gasteiger partial charge is 0.353 e. The van der Waals surface area contributed by atoms with Crippen molar-refractivity contribution in [2.24, 2.45) is 0 Å². The van der Waals surface area contributed by atoms with Crippen molar-refractivity contribution >= 4 is 40.3 Å². The molecular formula is C17H25N5OS2.